The molecular formula is C24H27ClN4O3S2. The molecule has 2 aromatic heterocycles. The zero-order chi connectivity index (χ0) is 23.6. The number of benzene rings is 2. The van der Waals surface area contributed by atoms with Crippen LogP contribution in [0.15, 0.2) is 66.1 Å². The number of anilines is 1. The summed E-state index contributed by atoms with van der Waals surface area (Å²) in [6.07, 6.45) is 6.09. The Bertz CT molecular complexity index is 1370. The molecule has 2 heterocycles. The zero-order valence-corrected chi connectivity index (χ0v) is 21.7. The number of halogens is 1. The van der Waals surface area contributed by atoms with Crippen LogP contribution < -0.4 is 4.90 Å². The lowest BCUT2D eigenvalue weighted by atomic mass is 10.2. The average Bonchev–Trinajstić information content (AvgIpc) is 3.45. The molecule has 7 nitrogen and oxygen atoms in total. The van der Waals surface area contributed by atoms with Crippen LogP contribution in [0.1, 0.15) is 36.2 Å². The molecule has 0 saturated heterocycles. The highest BCUT2D eigenvalue weighted by Crippen LogP contribution is 2.31. The summed E-state index contributed by atoms with van der Waals surface area (Å²) >= 11 is 1.48. The van der Waals surface area contributed by atoms with Crippen LogP contribution in [0.4, 0.5) is 5.13 Å². The third kappa shape index (κ3) is 5.48. The molecule has 0 spiro atoms. The summed E-state index contributed by atoms with van der Waals surface area (Å²) in [4.78, 5) is 24.2. The van der Waals surface area contributed by atoms with E-state index >= 15 is 0 Å². The Morgan fingerprint density at radius 2 is 1.88 bits per heavy atom. The second kappa shape index (κ2) is 10.7. The van der Waals surface area contributed by atoms with E-state index in [4.69, 9.17) is 4.98 Å². The van der Waals surface area contributed by atoms with Crippen LogP contribution in [0.25, 0.3) is 10.2 Å². The van der Waals surface area contributed by atoms with Crippen molar-refractivity contribution in [2.75, 3.05) is 11.4 Å². The molecule has 0 saturated carbocycles. The van der Waals surface area contributed by atoms with Crippen LogP contribution in [0.5, 0.6) is 0 Å². The van der Waals surface area contributed by atoms with E-state index in [0.717, 1.165) is 28.7 Å². The fourth-order valence-corrected chi connectivity index (χ4v) is 5.61. The maximum absolute atomic E-state index is 13.5. The van der Waals surface area contributed by atoms with Crippen LogP contribution in [0, 0.1) is 6.92 Å². The Hall–Kier alpha value is -2.75. The van der Waals surface area contributed by atoms with Gasteiger partial charge in [-0.1, -0.05) is 17.4 Å². The molecule has 10 heteroatoms. The second-order valence-electron chi connectivity index (χ2n) is 8.20. The number of imidazole rings is 1. The molecule has 4 aromatic rings. The predicted molar refractivity (Wildman–Crippen MR) is 139 cm³/mol. The van der Waals surface area contributed by atoms with Crippen LogP contribution in [0.3, 0.4) is 0 Å². The Morgan fingerprint density at radius 3 is 2.53 bits per heavy atom. The van der Waals surface area contributed by atoms with Gasteiger partial charge < -0.3 is 4.57 Å². The summed E-state index contributed by atoms with van der Waals surface area (Å²) < 4.78 is 27.9. The Morgan fingerprint density at radius 1 is 1.15 bits per heavy atom. The zero-order valence-electron chi connectivity index (χ0n) is 19.2. The largest absolute Gasteiger partial charge is 0.337 e. The van der Waals surface area contributed by atoms with Crippen molar-refractivity contribution in [3.05, 3.63) is 72.3 Å². The average molecular weight is 519 g/mol. The number of aromatic nitrogens is 3. The highest BCUT2D eigenvalue weighted by molar-refractivity contribution is 7.92. The Labute approximate surface area is 209 Å². The summed E-state index contributed by atoms with van der Waals surface area (Å²) in [6.45, 7) is 6.51. The van der Waals surface area contributed by atoms with Crippen molar-refractivity contribution < 1.29 is 13.2 Å². The first-order valence-electron chi connectivity index (χ1n) is 10.7. The molecule has 0 radical (unpaired) electrons. The molecule has 0 aliphatic heterocycles. The maximum Gasteiger partial charge on any atom is 0.260 e. The van der Waals surface area contributed by atoms with Crippen LogP contribution in [-0.2, 0) is 16.4 Å². The lowest BCUT2D eigenvalue weighted by Gasteiger charge is -2.20. The highest BCUT2D eigenvalue weighted by Gasteiger charge is 2.23. The minimum Gasteiger partial charge on any atom is -0.337 e. The van der Waals surface area contributed by atoms with Gasteiger partial charge in [0.25, 0.3) is 5.91 Å². The number of fused-ring (bicyclic) bond motifs is 1. The molecule has 1 amide bonds. The molecule has 0 unspecified atom stereocenters. The molecule has 4 rings (SSSR count). The number of thiazole rings is 1. The number of hydrogen-bond donors (Lipinski definition) is 0. The van der Waals surface area contributed by atoms with Crippen LogP contribution in [-0.4, -0.2) is 40.7 Å². The van der Waals surface area contributed by atoms with E-state index in [0.29, 0.717) is 17.2 Å². The van der Waals surface area contributed by atoms with Gasteiger partial charge in [0.15, 0.2) is 15.0 Å². The number of aryl methyl sites for hydroxylation is 2. The Balaban J connectivity index is 0.00000324. The molecule has 0 atom stereocenters. The van der Waals surface area contributed by atoms with E-state index in [1.54, 1.807) is 43.4 Å². The third-order valence-electron chi connectivity index (χ3n) is 5.42. The molecular weight excluding hydrogens is 492 g/mol. The quantitative estimate of drug-likeness (QED) is 0.322. The fraction of sp³-hybridized carbons (Fsp3) is 0.292. The summed E-state index contributed by atoms with van der Waals surface area (Å²) in [5.74, 6) is -0.204. The van der Waals surface area contributed by atoms with Gasteiger partial charge in [0, 0.05) is 31.0 Å². The van der Waals surface area contributed by atoms with E-state index in [1.165, 1.54) is 23.5 Å². The first-order chi connectivity index (χ1) is 15.8. The van der Waals surface area contributed by atoms with Gasteiger partial charge >= 0.3 is 0 Å². The van der Waals surface area contributed by atoms with Gasteiger partial charge in [-0.2, -0.15) is 0 Å². The van der Waals surface area contributed by atoms with E-state index in [1.807, 2.05) is 29.8 Å². The highest BCUT2D eigenvalue weighted by atomic mass is 35.5. The molecule has 180 valence electrons. The fourth-order valence-electron chi connectivity index (χ4n) is 3.46. The number of sulfone groups is 1. The number of hydrogen-bond acceptors (Lipinski definition) is 6. The molecule has 34 heavy (non-hydrogen) atoms. The van der Waals surface area contributed by atoms with E-state index in [2.05, 4.69) is 11.1 Å². The first-order valence-corrected chi connectivity index (χ1v) is 13.1. The van der Waals surface area contributed by atoms with Crippen molar-refractivity contribution >= 4 is 54.8 Å². The topological polar surface area (TPSA) is 85.2 Å². The molecule has 0 bridgehead atoms. The smallest absolute Gasteiger partial charge is 0.260 e. The van der Waals surface area contributed by atoms with Gasteiger partial charge in [-0.05, 0) is 69.2 Å². The summed E-state index contributed by atoms with van der Waals surface area (Å²) in [5.41, 5.74) is 2.42. The van der Waals surface area contributed by atoms with Crippen LogP contribution >= 0.6 is 23.7 Å². The summed E-state index contributed by atoms with van der Waals surface area (Å²) in [5, 5.41) is 0.107. The first kappa shape index (κ1) is 25.9. The molecule has 0 N–H and O–H groups in total. The Kier molecular flexibility index (Phi) is 8.12. The van der Waals surface area contributed by atoms with E-state index < -0.39 is 15.1 Å². The lowest BCUT2D eigenvalue weighted by Crippen LogP contribution is -2.32. The molecule has 0 aliphatic carbocycles. The minimum absolute atomic E-state index is 0. The van der Waals surface area contributed by atoms with E-state index in [-0.39, 0.29) is 23.2 Å². The van der Waals surface area contributed by atoms with Crippen molar-refractivity contribution in [3.63, 3.8) is 0 Å². The molecule has 2 aromatic carbocycles. The van der Waals surface area contributed by atoms with Gasteiger partial charge in [-0.3, -0.25) is 9.69 Å². The maximum atomic E-state index is 13.5. The van der Waals surface area contributed by atoms with Crippen molar-refractivity contribution in [1.29, 1.82) is 0 Å². The normalized spacial score (nSPS) is 11.5. The summed E-state index contributed by atoms with van der Waals surface area (Å²) in [7, 11) is -3.40. The minimum atomic E-state index is -3.40. The van der Waals surface area contributed by atoms with Crippen molar-refractivity contribution in [1.82, 2.24) is 14.5 Å². The van der Waals surface area contributed by atoms with E-state index in [9.17, 15) is 13.2 Å². The van der Waals surface area contributed by atoms with Crippen LogP contribution in [0.2, 0.25) is 0 Å². The van der Waals surface area contributed by atoms with Crippen molar-refractivity contribution in [3.8, 4) is 0 Å². The monoisotopic (exact) mass is 518 g/mol. The number of nitrogens with zero attached hydrogens (tertiary/aromatic N) is 4. The van der Waals surface area contributed by atoms with Gasteiger partial charge in [-0.15, -0.1) is 12.4 Å². The molecule has 0 fully saturated rings. The van der Waals surface area contributed by atoms with Crippen molar-refractivity contribution in [2.24, 2.45) is 0 Å². The van der Waals surface area contributed by atoms with Gasteiger partial charge in [0.2, 0.25) is 0 Å². The molecule has 0 aliphatic rings. The number of carbonyl (C=O) groups is 1. The number of carbonyl (C=O) groups excluding carboxylic acids is 1. The second-order valence-corrected chi connectivity index (χ2v) is 11.7. The number of rotatable bonds is 8. The SMILES string of the molecule is Cc1ccc2nc(N(CCCn3ccnc3)C(=O)c3ccc(S(=O)(=O)C(C)C)cc3)sc2c1.Cl. The van der Waals surface area contributed by atoms with Gasteiger partial charge in [0.1, 0.15) is 0 Å². The predicted octanol–water partition coefficient (Wildman–Crippen LogP) is 5.14. The van der Waals surface area contributed by atoms with Crippen molar-refractivity contribution in [2.45, 2.75) is 43.9 Å². The summed E-state index contributed by atoms with van der Waals surface area (Å²) in [6, 6.07) is 12.2. The van der Waals surface area contributed by atoms with Gasteiger partial charge in [-0.25, -0.2) is 18.4 Å². The lowest BCUT2D eigenvalue weighted by molar-refractivity contribution is 0.0986. The number of amides is 1. The standard InChI is InChI=1S/C24H26N4O3S2.ClH/c1-17(2)33(30,31)20-8-6-19(7-9-20)23(29)28(13-4-12-27-14-11-25-16-27)24-26-21-10-5-18(3)15-22(21)32-24;/h5-11,14-17H,4,12-13H2,1-3H3;1H. The van der Waals surface area contributed by atoms with Gasteiger partial charge in [0.05, 0.1) is 26.7 Å². The third-order valence-corrected chi connectivity index (χ3v) is 8.63.